The normalized spacial score (nSPS) is 11.4. The third-order valence-electron chi connectivity index (χ3n) is 5.47. The molecule has 0 unspecified atom stereocenters. The van der Waals surface area contributed by atoms with Gasteiger partial charge in [0.15, 0.2) is 11.4 Å². The number of nitrogens with one attached hydrogen (secondary N) is 2. The van der Waals surface area contributed by atoms with Crippen LogP contribution in [0.1, 0.15) is 23.6 Å². The van der Waals surface area contributed by atoms with Gasteiger partial charge in [0.2, 0.25) is 0 Å². The van der Waals surface area contributed by atoms with Gasteiger partial charge in [-0.1, -0.05) is 18.1 Å². The molecule has 2 aromatic carbocycles. The van der Waals surface area contributed by atoms with Crippen molar-refractivity contribution in [2.75, 3.05) is 18.9 Å². The minimum Gasteiger partial charge on any atom is -0.496 e. The lowest BCUT2D eigenvalue weighted by molar-refractivity contribution is 0.248. The molecule has 0 saturated carbocycles. The summed E-state index contributed by atoms with van der Waals surface area (Å²) in [6.45, 7) is 2.56. The lowest BCUT2D eigenvalue weighted by Gasteiger charge is -2.12. The highest BCUT2D eigenvalue weighted by Gasteiger charge is 2.25. The Kier molecular flexibility index (Phi) is 7.01. The quantitative estimate of drug-likeness (QED) is 0.291. The number of aromatic nitrogens is 3. The first kappa shape index (κ1) is 24.9. The summed E-state index contributed by atoms with van der Waals surface area (Å²) in [7, 11) is -1.17. The molecule has 4 N–H and O–H groups in total. The lowest BCUT2D eigenvalue weighted by atomic mass is 10.1. The molecule has 0 bridgehead atoms. The van der Waals surface area contributed by atoms with Crippen molar-refractivity contribution in [1.82, 2.24) is 20.3 Å². The van der Waals surface area contributed by atoms with E-state index in [1.165, 1.54) is 14.2 Å². The highest BCUT2D eigenvalue weighted by molar-refractivity contribution is 7.92. The first-order chi connectivity index (χ1) is 17.2. The van der Waals surface area contributed by atoms with E-state index in [1.54, 1.807) is 41.3 Å². The highest BCUT2D eigenvalue weighted by Crippen LogP contribution is 2.36. The largest absolute Gasteiger partial charge is 0.496 e. The zero-order valence-corrected chi connectivity index (χ0v) is 20.8. The van der Waals surface area contributed by atoms with Gasteiger partial charge >= 0.3 is 6.03 Å². The van der Waals surface area contributed by atoms with Gasteiger partial charge in [-0.05, 0) is 41.8 Å². The van der Waals surface area contributed by atoms with Crippen LogP contribution in [0.2, 0.25) is 0 Å². The van der Waals surface area contributed by atoms with Crippen molar-refractivity contribution >= 4 is 32.8 Å². The fourth-order valence-electron chi connectivity index (χ4n) is 3.71. The van der Waals surface area contributed by atoms with E-state index in [1.807, 2.05) is 13.0 Å². The maximum atomic E-state index is 13.2. The maximum absolute atomic E-state index is 13.2. The van der Waals surface area contributed by atoms with E-state index in [0.717, 1.165) is 16.7 Å². The predicted octanol–water partition coefficient (Wildman–Crippen LogP) is 2.62. The van der Waals surface area contributed by atoms with Crippen molar-refractivity contribution in [3.8, 4) is 11.5 Å². The zero-order valence-electron chi connectivity index (χ0n) is 19.9. The number of carbonyl (C=O) groups excluding carboxylic acids is 1. The van der Waals surface area contributed by atoms with Gasteiger partial charge in [0, 0.05) is 18.3 Å². The number of nitrogens with zero attached hydrogens (tertiary/aromatic N) is 3. The molecule has 0 spiro atoms. The van der Waals surface area contributed by atoms with E-state index in [0.29, 0.717) is 29.7 Å². The number of methoxy groups -OCH3 is 2. The SMILES string of the molecule is CCc1ccc(OC)c(S(=O)(=O)Nc2noc3cc(Cn4cc(CNC(N)=O)cn4)cc(OC)c23)c1. The Morgan fingerprint density at radius 3 is 2.58 bits per heavy atom. The number of urea groups is 1. The van der Waals surface area contributed by atoms with Crippen molar-refractivity contribution in [2.45, 2.75) is 31.3 Å². The summed E-state index contributed by atoms with van der Waals surface area (Å²) in [5.74, 6) is 0.584. The van der Waals surface area contributed by atoms with Crippen LogP contribution in [-0.2, 0) is 29.5 Å². The van der Waals surface area contributed by atoms with Crippen LogP contribution in [0.4, 0.5) is 10.6 Å². The minimum absolute atomic E-state index is 0.00333. The minimum atomic E-state index is -4.05. The molecule has 0 saturated heterocycles. The van der Waals surface area contributed by atoms with Crippen molar-refractivity contribution in [3.05, 3.63) is 59.4 Å². The number of sulfonamides is 1. The van der Waals surface area contributed by atoms with Gasteiger partial charge in [0.25, 0.3) is 10.0 Å². The van der Waals surface area contributed by atoms with Crippen molar-refractivity contribution in [3.63, 3.8) is 0 Å². The molecule has 2 aromatic heterocycles. The van der Waals surface area contributed by atoms with Crippen molar-refractivity contribution in [1.29, 1.82) is 0 Å². The van der Waals surface area contributed by atoms with Crippen molar-refractivity contribution in [2.24, 2.45) is 5.73 Å². The molecule has 13 heteroatoms. The Morgan fingerprint density at radius 2 is 1.89 bits per heavy atom. The first-order valence-electron chi connectivity index (χ1n) is 10.9. The highest BCUT2D eigenvalue weighted by atomic mass is 32.2. The number of primary amides is 1. The van der Waals surface area contributed by atoms with E-state index >= 15 is 0 Å². The number of anilines is 1. The van der Waals surface area contributed by atoms with Crippen LogP contribution in [-0.4, -0.2) is 43.6 Å². The van der Waals surface area contributed by atoms with Gasteiger partial charge in [0.1, 0.15) is 21.8 Å². The maximum Gasteiger partial charge on any atom is 0.312 e. The van der Waals surface area contributed by atoms with E-state index in [4.69, 9.17) is 19.7 Å². The molecule has 0 aliphatic carbocycles. The van der Waals surface area contributed by atoms with E-state index < -0.39 is 16.1 Å². The van der Waals surface area contributed by atoms with Crippen LogP contribution >= 0.6 is 0 Å². The second kappa shape index (κ2) is 10.2. The molecule has 0 aliphatic rings. The molecule has 36 heavy (non-hydrogen) atoms. The fraction of sp³-hybridized carbons (Fsp3) is 0.261. The molecule has 190 valence electrons. The van der Waals surface area contributed by atoms with E-state index in [-0.39, 0.29) is 23.0 Å². The van der Waals surface area contributed by atoms with Gasteiger partial charge in [-0.3, -0.25) is 9.40 Å². The molecule has 4 rings (SSSR count). The third kappa shape index (κ3) is 5.20. The third-order valence-corrected chi connectivity index (χ3v) is 6.83. The lowest BCUT2D eigenvalue weighted by Crippen LogP contribution is -2.28. The zero-order chi connectivity index (χ0) is 25.9. The molecule has 2 amide bonds. The average molecular weight is 515 g/mol. The average Bonchev–Trinajstić information content (AvgIpc) is 3.48. The smallest absolute Gasteiger partial charge is 0.312 e. The number of carbonyl (C=O) groups is 1. The molecule has 12 nitrogen and oxygen atoms in total. The molecule has 4 aromatic rings. The van der Waals surface area contributed by atoms with Gasteiger partial charge in [0.05, 0.1) is 27.0 Å². The van der Waals surface area contributed by atoms with Gasteiger partial charge in [-0.2, -0.15) is 5.10 Å². The molecular weight excluding hydrogens is 488 g/mol. The van der Waals surface area contributed by atoms with Crippen LogP contribution < -0.4 is 25.2 Å². The first-order valence-corrected chi connectivity index (χ1v) is 12.4. The Balaban J connectivity index is 1.63. The van der Waals surface area contributed by atoms with Gasteiger partial charge in [-0.15, -0.1) is 0 Å². The second-order valence-electron chi connectivity index (χ2n) is 7.91. The number of hydrogen-bond donors (Lipinski definition) is 3. The number of rotatable bonds is 10. The Labute approximate surface area is 207 Å². The summed E-state index contributed by atoms with van der Waals surface area (Å²) in [5.41, 5.74) is 7.83. The van der Waals surface area contributed by atoms with E-state index in [9.17, 15) is 13.2 Å². The van der Waals surface area contributed by atoms with Gasteiger partial charge < -0.3 is 25.0 Å². The Hall–Kier alpha value is -4.26. The summed E-state index contributed by atoms with van der Waals surface area (Å²) < 4.78 is 46.9. The number of amides is 2. The molecule has 0 atom stereocenters. The summed E-state index contributed by atoms with van der Waals surface area (Å²) >= 11 is 0. The van der Waals surface area contributed by atoms with Crippen LogP contribution in [0.25, 0.3) is 11.0 Å². The number of fused-ring (bicyclic) bond motifs is 1. The summed E-state index contributed by atoms with van der Waals surface area (Å²) in [4.78, 5) is 10.9. The fourth-order valence-corrected chi connectivity index (χ4v) is 4.93. The number of aryl methyl sites for hydroxylation is 1. The molecule has 2 heterocycles. The molecule has 0 radical (unpaired) electrons. The number of hydrogen-bond acceptors (Lipinski definition) is 8. The Bertz CT molecular complexity index is 1510. The standard InChI is InChI=1S/C23H26N6O6S/c1-4-14-5-6-17(33-2)20(9-14)36(31,32)28-22-21-18(34-3)7-15(8-19(21)35-27-22)12-29-13-16(11-26-29)10-25-23(24)30/h5-9,11,13H,4,10,12H2,1-3H3,(H,27,28)(H3,24,25,30). The predicted molar refractivity (Wildman–Crippen MR) is 131 cm³/mol. The molecule has 0 aliphatic heterocycles. The topological polar surface area (TPSA) is 164 Å². The Morgan fingerprint density at radius 1 is 1.11 bits per heavy atom. The number of nitrogens with two attached hydrogens (primary N) is 1. The van der Waals surface area contributed by atoms with Crippen LogP contribution in [0.3, 0.4) is 0 Å². The summed E-state index contributed by atoms with van der Waals surface area (Å²) in [5, 5.41) is 11.1. The monoisotopic (exact) mass is 514 g/mol. The van der Waals surface area contributed by atoms with Crippen molar-refractivity contribution < 1.29 is 27.2 Å². The van der Waals surface area contributed by atoms with Crippen LogP contribution in [0.15, 0.2) is 52.1 Å². The van der Waals surface area contributed by atoms with Crippen LogP contribution in [0.5, 0.6) is 11.5 Å². The molecule has 0 fully saturated rings. The summed E-state index contributed by atoms with van der Waals surface area (Å²) in [6.07, 6.45) is 4.05. The second-order valence-corrected chi connectivity index (χ2v) is 9.56. The number of benzene rings is 2. The number of ether oxygens (including phenoxy) is 2. The molecular formula is C23H26N6O6S. The van der Waals surface area contributed by atoms with E-state index in [2.05, 4.69) is 20.3 Å². The summed E-state index contributed by atoms with van der Waals surface area (Å²) in [6, 6.07) is 7.85. The van der Waals surface area contributed by atoms with Crippen LogP contribution in [0, 0.1) is 0 Å². The van der Waals surface area contributed by atoms with Gasteiger partial charge in [-0.25, -0.2) is 13.2 Å².